The number of nitrogen functional groups attached to an aromatic ring is 1. The Kier molecular flexibility index (Phi) is 1.66. The first-order chi connectivity index (χ1) is 6.27. The molecule has 1 aromatic heterocycles. The zero-order valence-corrected chi connectivity index (χ0v) is 6.55. The lowest BCUT2D eigenvalue weighted by Crippen LogP contribution is -2.02. The van der Waals surface area contributed by atoms with Crippen LogP contribution in [0.15, 0.2) is 24.3 Å². The lowest BCUT2D eigenvalue weighted by atomic mass is 10.3. The number of nitrogens with two attached hydrogens (primary N) is 1. The van der Waals surface area contributed by atoms with Gasteiger partial charge in [0, 0.05) is 0 Å². The quantitative estimate of drug-likeness (QED) is 0.687. The van der Waals surface area contributed by atoms with Gasteiger partial charge in [-0.1, -0.05) is 11.2 Å². The molecule has 0 amide bonds. The first-order valence-electron chi connectivity index (χ1n) is 3.57. The van der Waals surface area contributed by atoms with E-state index in [1.54, 1.807) is 12.1 Å². The van der Waals surface area contributed by atoms with Gasteiger partial charge in [-0.05, 0) is 28.6 Å². The number of benzene rings is 1. The van der Waals surface area contributed by atoms with Crippen molar-refractivity contribution in [1.29, 1.82) is 0 Å². The number of halogens is 1. The molecule has 0 aliphatic heterocycles. The Labute approximate surface area is 73.0 Å². The highest BCUT2D eigenvalue weighted by molar-refractivity contribution is 5.35. The van der Waals surface area contributed by atoms with Crippen LogP contribution >= 0.6 is 0 Å². The predicted molar refractivity (Wildman–Crippen MR) is 43.5 cm³/mol. The molecule has 0 spiro atoms. The van der Waals surface area contributed by atoms with E-state index in [1.165, 1.54) is 16.8 Å². The Hall–Kier alpha value is -1.98. The molecule has 6 heteroatoms. The Morgan fingerprint density at radius 1 is 1.38 bits per heavy atom. The molecule has 1 heterocycles. The molecule has 0 aliphatic rings. The van der Waals surface area contributed by atoms with E-state index in [2.05, 4.69) is 15.5 Å². The zero-order valence-electron chi connectivity index (χ0n) is 6.55. The number of aromatic nitrogens is 4. The van der Waals surface area contributed by atoms with Gasteiger partial charge in [0.2, 0.25) is 5.95 Å². The van der Waals surface area contributed by atoms with Crippen LogP contribution in [-0.2, 0) is 0 Å². The lowest BCUT2D eigenvalue weighted by molar-refractivity contribution is 0.625. The van der Waals surface area contributed by atoms with Crippen LogP contribution in [0.2, 0.25) is 0 Å². The van der Waals surface area contributed by atoms with Crippen LogP contribution in [0.4, 0.5) is 10.3 Å². The van der Waals surface area contributed by atoms with E-state index in [-0.39, 0.29) is 11.8 Å². The number of anilines is 1. The smallest absolute Gasteiger partial charge is 0.245 e. The molecule has 0 fully saturated rings. The highest BCUT2D eigenvalue weighted by Crippen LogP contribution is 2.09. The largest absolute Gasteiger partial charge is 0.366 e. The van der Waals surface area contributed by atoms with Gasteiger partial charge in [-0.2, -0.15) is 4.68 Å². The predicted octanol–water partition coefficient (Wildman–Crippen LogP) is 0.384. The molecule has 0 radical (unpaired) electrons. The van der Waals surface area contributed by atoms with Gasteiger partial charge in [-0.25, -0.2) is 4.39 Å². The summed E-state index contributed by atoms with van der Waals surface area (Å²) in [6, 6.07) is 5.86. The van der Waals surface area contributed by atoms with Crippen molar-refractivity contribution in [3.05, 3.63) is 30.1 Å². The standard InChI is InChI=1S/C7H6FN5/c8-5-2-1-3-6(4-5)13-7(9)10-11-12-13/h1-4H,(H2,9,10,12). The third-order valence-electron chi connectivity index (χ3n) is 1.55. The van der Waals surface area contributed by atoms with Crippen LogP contribution in [0.3, 0.4) is 0 Å². The molecule has 66 valence electrons. The van der Waals surface area contributed by atoms with Gasteiger partial charge in [-0.15, -0.1) is 0 Å². The maximum atomic E-state index is 12.8. The average molecular weight is 179 g/mol. The van der Waals surface area contributed by atoms with Crippen LogP contribution in [0.5, 0.6) is 0 Å². The van der Waals surface area contributed by atoms with Gasteiger partial charge in [0.05, 0.1) is 5.69 Å². The average Bonchev–Trinajstić information content (AvgIpc) is 2.51. The number of hydrogen-bond donors (Lipinski definition) is 1. The second kappa shape index (κ2) is 2.81. The van der Waals surface area contributed by atoms with E-state index in [0.29, 0.717) is 5.69 Å². The molecular formula is C7H6FN5. The molecule has 0 atom stereocenters. The highest BCUT2D eigenvalue weighted by Gasteiger charge is 2.03. The molecule has 13 heavy (non-hydrogen) atoms. The van der Waals surface area contributed by atoms with Gasteiger partial charge >= 0.3 is 0 Å². The van der Waals surface area contributed by atoms with Crippen molar-refractivity contribution < 1.29 is 4.39 Å². The molecule has 2 rings (SSSR count). The Morgan fingerprint density at radius 2 is 2.23 bits per heavy atom. The van der Waals surface area contributed by atoms with Gasteiger partial charge in [0.1, 0.15) is 5.82 Å². The van der Waals surface area contributed by atoms with E-state index in [0.717, 1.165) is 0 Å². The third kappa shape index (κ3) is 1.33. The van der Waals surface area contributed by atoms with E-state index in [9.17, 15) is 4.39 Å². The molecule has 1 aromatic carbocycles. The molecular weight excluding hydrogens is 173 g/mol. The fourth-order valence-electron chi connectivity index (χ4n) is 0.986. The van der Waals surface area contributed by atoms with Gasteiger partial charge < -0.3 is 5.73 Å². The van der Waals surface area contributed by atoms with Crippen molar-refractivity contribution >= 4 is 5.95 Å². The minimum absolute atomic E-state index is 0.130. The lowest BCUT2D eigenvalue weighted by Gasteiger charge is -1.99. The first-order valence-corrected chi connectivity index (χ1v) is 3.57. The summed E-state index contributed by atoms with van der Waals surface area (Å²) in [6.07, 6.45) is 0. The van der Waals surface area contributed by atoms with Gasteiger partial charge in [0.25, 0.3) is 0 Å². The van der Waals surface area contributed by atoms with Crippen molar-refractivity contribution in [3.8, 4) is 5.69 Å². The Bertz CT molecular complexity index is 424. The summed E-state index contributed by atoms with van der Waals surface area (Å²) >= 11 is 0. The maximum absolute atomic E-state index is 12.8. The zero-order chi connectivity index (χ0) is 9.26. The van der Waals surface area contributed by atoms with E-state index in [4.69, 9.17) is 5.73 Å². The molecule has 0 saturated carbocycles. The van der Waals surface area contributed by atoms with Crippen LogP contribution in [-0.4, -0.2) is 20.2 Å². The molecule has 5 nitrogen and oxygen atoms in total. The second-order valence-electron chi connectivity index (χ2n) is 2.43. The highest BCUT2D eigenvalue weighted by atomic mass is 19.1. The molecule has 0 bridgehead atoms. The first kappa shape index (κ1) is 7.66. The summed E-state index contributed by atoms with van der Waals surface area (Å²) in [5.41, 5.74) is 5.93. The topological polar surface area (TPSA) is 69.6 Å². The summed E-state index contributed by atoms with van der Waals surface area (Å²) in [7, 11) is 0. The molecule has 2 N–H and O–H groups in total. The van der Waals surface area contributed by atoms with Crippen molar-refractivity contribution in [3.63, 3.8) is 0 Å². The summed E-state index contributed by atoms with van der Waals surface area (Å²) < 4.78 is 14.0. The monoisotopic (exact) mass is 179 g/mol. The fraction of sp³-hybridized carbons (Fsp3) is 0. The van der Waals surface area contributed by atoms with Crippen LogP contribution in [0.1, 0.15) is 0 Å². The normalized spacial score (nSPS) is 10.2. The van der Waals surface area contributed by atoms with E-state index >= 15 is 0 Å². The molecule has 2 aromatic rings. The Morgan fingerprint density at radius 3 is 2.85 bits per heavy atom. The maximum Gasteiger partial charge on any atom is 0.245 e. The van der Waals surface area contributed by atoms with Crippen molar-refractivity contribution in [2.24, 2.45) is 0 Å². The SMILES string of the molecule is Nc1nnnn1-c1cccc(F)c1. The second-order valence-corrected chi connectivity index (χ2v) is 2.43. The van der Waals surface area contributed by atoms with E-state index < -0.39 is 0 Å². The van der Waals surface area contributed by atoms with Gasteiger partial charge in [-0.3, -0.25) is 0 Å². The van der Waals surface area contributed by atoms with Crippen LogP contribution in [0.25, 0.3) is 5.69 Å². The number of hydrogen-bond acceptors (Lipinski definition) is 4. The Balaban J connectivity index is 2.53. The molecule has 0 aliphatic carbocycles. The summed E-state index contributed by atoms with van der Waals surface area (Å²) in [6.45, 7) is 0. The number of nitrogens with zero attached hydrogens (tertiary/aromatic N) is 4. The van der Waals surface area contributed by atoms with Crippen molar-refractivity contribution in [2.75, 3.05) is 5.73 Å². The minimum Gasteiger partial charge on any atom is -0.366 e. The van der Waals surface area contributed by atoms with Gasteiger partial charge in [0.15, 0.2) is 0 Å². The molecule has 0 unspecified atom stereocenters. The number of tetrazole rings is 1. The summed E-state index contributed by atoms with van der Waals surface area (Å²) in [5.74, 6) is -0.224. The minimum atomic E-state index is -0.354. The van der Waals surface area contributed by atoms with Crippen LogP contribution < -0.4 is 5.73 Å². The summed E-state index contributed by atoms with van der Waals surface area (Å²) in [4.78, 5) is 0. The number of rotatable bonds is 1. The molecule has 0 saturated heterocycles. The van der Waals surface area contributed by atoms with Crippen molar-refractivity contribution in [1.82, 2.24) is 20.2 Å². The van der Waals surface area contributed by atoms with Crippen molar-refractivity contribution in [2.45, 2.75) is 0 Å². The summed E-state index contributed by atoms with van der Waals surface area (Å²) in [5, 5.41) is 10.4. The van der Waals surface area contributed by atoms with Crippen LogP contribution in [0, 0.1) is 5.82 Å². The fourth-order valence-corrected chi connectivity index (χ4v) is 0.986. The van der Waals surface area contributed by atoms with E-state index in [1.807, 2.05) is 0 Å². The third-order valence-corrected chi connectivity index (χ3v) is 1.55.